The summed E-state index contributed by atoms with van der Waals surface area (Å²) in [6, 6.07) is 13.1. The summed E-state index contributed by atoms with van der Waals surface area (Å²) in [6.45, 7) is 1.58. The van der Waals surface area contributed by atoms with Crippen LogP contribution >= 0.6 is 0 Å². The lowest BCUT2D eigenvalue weighted by Gasteiger charge is -2.27. The molecule has 2 aliphatic rings. The smallest absolute Gasteiger partial charge is 0.338 e. The predicted octanol–water partition coefficient (Wildman–Crippen LogP) is 3.31. The van der Waals surface area contributed by atoms with Gasteiger partial charge in [-0.2, -0.15) is 0 Å². The number of hydrogen-bond acceptors (Lipinski definition) is 4. The van der Waals surface area contributed by atoms with Gasteiger partial charge in [-0.15, -0.1) is 0 Å². The molecule has 6 heteroatoms. The van der Waals surface area contributed by atoms with Gasteiger partial charge in [-0.25, -0.2) is 4.79 Å². The van der Waals surface area contributed by atoms with Gasteiger partial charge in [0.05, 0.1) is 11.6 Å². The van der Waals surface area contributed by atoms with Gasteiger partial charge in [0.15, 0.2) is 6.10 Å². The highest BCUT2D eigenvalue weighted by Crippen LogP contribution is 2.29. The number of benzene rings is 2. The van der Waals surface area contributed by atoms with Crippen molar-refractivity contribution in [2.45, 2.75) is 51.2 Å². The molecule has 0 fully saturated rings. The number of carbonyl (C=O) groups excluding carboxylic acids is 3. The molecule has 4 rings (SSSR count). The SMILES string of the molecule is CC(OC(=O)c1ccc2c(c1)CCC(=O)N2)C(=O)NC1CCCc2ccccc21. The van der Waals surface area contributed by atoms with Gasteiger partial charge in [0.25, 0.3) is 5.91 Å². The van der Waals surface area contributed by atoms with Crippen LogP contribution in [0.5, 0.6) is 0 Å². The molecular weight excluding hydrogens is 368 g/mol. The number of nitrogens with one attached hydrogen (secondary N) is 2. The number of aryl methyl sites for hydroxylation is 2. The predicted molar refractivity (Wildman–Crippen MR) is 109 cm³/mol. The second-order valence-electron chi connectivity index (χ2n) is 7.62. The number of fused-ring (bicyclic) bond motifs is 2. The molecule has 2 unspecified atom stereocenters. The van der Waals surface area contributed by atoms with Crippen molar-refractivity contribution >= 4 is 23.5 Å². The fraction of sp³-hybridized carbons (Fsp3) is 0.348. The number of anilines is 1. The van der Waals surface area contributed by atoms with E-state index in [0.29, 0.717) is 18.4 Å². The Kier molecular flexibility index (Phi) is 5.34. The average Bonchev–Trinajstić information content (AvgIpc) is 2.73. The zero-order valence-corrected chi connectivity index (χ0v) is 16.4. The van der Waals surface area contributed by atoms with Crippen LogP contribution in [0.15, 0.2) is 42.5 Å². The topological polar surface area (TPSA) is 84.5 Å². The van der Waals surface area contributed by atoms with E-state index in [1.165, 1.54) is 5.56 Å². The van der Waals surface area contributed by atoms with Crippen molar-refractivity contribution in [2.24, 2.45) is 0 Å². The summed E-state index contributed by atoms with van der Waals surface area (Å²) in [6.07, 6.45) is 2.99. The van der Waals surface area contributed by atoms with E-state index in [-0.39, 0.29) is 17.9 Å². The van der Waals surface area contributed by atoms with Crippen LogP contribution in [0.4, 0.5) is 5.69 Å². The molecule has 0 aromatic heterocycles. The van der Waals surface area contributed by atoms with Gasteiger partial charge in [0.1, 0.15) is 0 Å². The molecule has 29 heavy (non-hydrogen) atoms. The first-order valence-electron chi connectivity index (χ1n) is 10.0. The Balaban J connectivity index is 1.39. The van der Waals surface area contributed by atoms with Gasteiger partial charge in [0.2, 0.25) is 5.91 Å². The normalized spacial score (nSPS) is 18.7. The summed E-state index contributed by atoms with van der Waals surface area (Å²) in [7, 11) is 0. The van der Waals surface area contributed by atoms with Crippen molar-refractivity contribution < 1.29 is 19.1 Å². The van der Waals surface area contributed by atoms with E-state index < -0.39 is 12.1 Å². The number of hydrogen-bond donors (Lipinski definition) is 2. The summed E-state index contributed by atoms with van der Waals surface area (Å²) in [5.41, 5.74) is 4.40. The first-order chi connectivity index (χ1) is 14.0. The van der Waals surface area contributed by atoms with E-state index >= 15 is 0 Å². The number of carbonyl (C=O) groups is 3. The maximum Gasteiger partial charge on any atom is 0.338 e. The van der Waals surface area contributed by atoms with E-state index in [1.54, 1.807) is 25.1 Å². The third kappa shape index (κ3) is 4.16. The Morgan fingerprint density at radius 3 is 2.79 bits per heavy atom. The van der Waals surface area contributed by atoms with Gasteiger partial charge >= 0.3 is 5.97 Å². The van der Waals surface area contributed by atoms with E-state index in [2.05, 4.69) is 16.7 Å². The molecule has 2 N–H and O–H groups in total. The summed E-state index contributed by atoms with van der Waals surface area (Å²) in [5.74, 6) is -0.871. The van der Waals surface area contributed by atoms with Gasteiger partial charge in [-0.3, -0.25) is 9.59 Å². The third-order valence-corrected chi connectivity index (χ3v) is 5.58. The zero-order valence-electron chi connectivity index (χ0n) is 16.4. The number of esters is 1. The maximum absolute atomic E-state index is 12.6. The Morgan fingerprint density at radius 2 is 1.93 bits per heavy atom. The molecule has 6 nitrogen and oxygen atoms in total. The Morgan fingerprint density at radius 1 is 1.10 bits per heavy atom. The molecule has 2 aromatic carbocycles. The van der Waals surface area contributed by atoms with Gasteiger partial charge in [0, 0.05) is 12.1 Å². The van der Waals surface area contributed by atoms with E-state index in [1.807, 2.05) is 18.2 Å². The van der Waals surface area contributed by atoms with Gasteiger partial charge < -0.3 is 15.4 Å². The van der Waals surface area contributed by atoms with Gasteiger partial charge in [-0.1, -0.05) is 24.3 Å². The summed E-state index contributed by atoms with van der Waals surface area (Å²) in [5, 5.41) is 5.81. The minimum absolute atomic E-state index is 0.0255. The first kappa shape index (κ1) is 19.2. The first-order valence-corrected chi connectivity index (χ1v) is 10.0. The van der Waals surface area contributed by atoms with Gasteiger partial charge in [-0.05, 0) is 67.5 Å². The highest BCUT2D eigenvalue weighted by Gasteiger charge is 2.26. The Hall–Kier alpha value is -3.15. The molecule has 1 aliphatic heterocycles. The van der Waals surface area contributed by atoms with Crippen LogP contribution < -0.4 is 10.6 Å². The van der Waals surface area contributed by atoms with Crippen molar-refractivity contribution in [2.75, 3.05) is 5.32 Å². The quantitative estimate of drug-likeness (QED) is 0.782. The molecule has 1 heterocycles. The lowest BCUT2D eigenvalue weighted by atomic mass is 9.87. The largest absolute Gasteiger partial charge is 0.449 e. The second-order valence-corrected chi connectivity index (χ2v) is 7.62. The van der Waals surface area contributed by atoms with Crippen LogP contribution in [0.3, 0.4) is 0 Å². The highest BCUT2D eigenvalue weighted by atomic mass is 16.5. The summed E-state index contributed by atoms with van der Waals surface area (Å²) in [4.78, 5) is 36.6. The number of amides is 2. The Labute approximate surface area is 169 Å². The molecule has 0 spiro atoms. The molecule has 0 radical (unpaired) electrons. The molecule has 0 bridgehead atoms. The molecule has 2 amide bonds. The van der Waals surface area contributed by atoms with Crippen LogP contribution in [-0.4, -0.2) is 23.9 Å². The van der Waals surface area contributed by atoms with Crippen LogP contribution in [0, 0.1) is 0 Å². The number of rotatable bonds is 4. The van der Waals surface area contributed by atoms with Crippen molar-refractivity contribution in [3.05, 3.63) is 64.7 Å². The molecule has 150 valence electrons. The zero-order chi connectivity index (χ0) is 20.4. The van der Waals surface area contributed by atoms with Crippen LogP contribution in [0.25, 0.3) is 0 Å². The lowest BCUT2D eigenvalue weighted by molar-refractivity contribution is -0.130. The monoisotopic (exact) mass is 392 g/mol. The highest BCUT2D eigenvalue weighted by molar-refractivity contribution is 5.96. The van der Waals surface area contributed by atoms with Crippen LogP contribution in [0.2, 0.25) is 0 Å². The van der Waals surface area contributed by atoms with Crippen molar-refractivity contribution in [3.63, 3.8) is 0 Å². The van der Waals surface area contributed by atoms with E-state index in [9.17, 15) is 14.4 Å². The minimum Gasteiger partial charge on any atom is -0.449 e. The number of ether oxygens (including phenoxy) is 1. The molecule has 2 aromatic rings. The summed E-state index contributed by atoms with van der Waals surface area (Å²) < 4.78 is 5.40. The van der Waals surface area contributed by atoms with Crippen LogP contribution in [0.1, 0.15) is 59.3 Å². The third-order valence-electron chi connectivity index (χ3n) is 5.58. The molecule has 0 saturated carbocycles. The van der Waals surface area contributed by atoms with E-state index in [4.69, 9.17) is 4.74 Å². The van der Waals surface area contributed by atoms with Crippen LogP contribution in [-0.2, 0) is 27.2 Å². The van der Waals surface area contributed by atoms with Crippen molar-refractivity contribution in [1.82, 2.24) is 5.32 Å². The fourth-order valence-corrected chi connectivity index (χ4v) is 3.99. The molecule has 1 aliphatic carbocycles. The summed E-state index contributed by atoms with van der Waals surface area (Å²) >= 11 is 0. The average molecular weight is 392 g/mol. The van der Waals surface area contributed by atoms with Crippen molar-refractivity contribution in [1.29, 1.82) is 0 Å². The van der Waals surface area contributed by atoms with E-state index in [0.717, 1.165) is 36.1 Å². The minimum atomic E-state index is -0.896. The lowest BCUT2D eigenvalue weighted by Crippen LogP contribution is -2.39. The van der Waals surface area contributed by atoms with Crippen molar-refractivity contribution in [3.8, 4) is 0 Å². The molecule has 2 atom stereocenters. The molecule has 0 saturated heterocycles. The second kappa shape index (κ2) is 8.07. The Bertz CT molecular complexity index is 969. The fourth-order valence-electron chi connectivity index (χ4n) is 3.99. The molecular formula is C23H24N2O4. The maximum atomic E-state index is 12.6. The standard InChI is InChI=1S/C23H24N2O4/c1-14(22(27)25-20-8-4-6-15-5-2-3-7-18(15)20)29-23(28)17-9-11-19-16(13-17)10-12-21(26)24-19/h2-3,5,7,9,11,13-14,20H,4,6,8,10,12H2,1H3,(H,24,26)(H,25,27).